The first-order chi connectivity index (χ1) is 10.7. The highest BCUT2D eigenvalue weighted by Gasteiger charge is 2.29. The van der Waals surface area contributed by atoms with Crippen molar-refractivity contribution in [1.29, 1.82) is 0 Å². The number of carbonyl (C=O) groups is 1. The van der Waals surface area contributed by atoms with Crippen molar-refractivity contribution in [3.8, 4) is 5.75 Å². The number of aromatic nitrogens is 1. The molecule has 1 aromatic carbocycles. The lowest BCUT2D eigenvalue weighted by molar-refractivity contribution is 0.192. The lowest BCUT2D eigenvalue weighted by atomic mass is 10.0. The number of urea groups is 1. The van der Waals surface area contributed by atoms with Gasteiger partial charge in [-0.25, -0.2) is 4.79 Å². The minimum Gasteiger partial charge on any atom is -0.508 e. The monoisotopic (exact) mass is 297 g/mol. The summed E-state index contributed by atoms with van der Waals surface area (Å²) in [6.07, 6.45) is 5.41. The Balaban J connectivity index is 1.65. The highest BCUT2D eigenvalue weighted by molar-refractivity contribution is 5.75. The molecule has 1 fully saturated rings. The standard InChI is InChI=1S/C17H19N3O2/c21-15-7-5-14(6-8-15)16-4-2-10-20(16)17(22)19-12-13-3-1-9-18-11-13/h1,3,5-9,11,16,21H,2,4,10,12H2,(H,19,22)/t16-/m0/s1. The molecule has 22 heavy (non-hydrogen) atoms. The van der Waals surface area contributed by atoms with E-state index in [0.29, 0.717) is 6.54 Å². The normalized spacial score (nSPS) is 17.5. The van der Waals surface area contributed by atoms with Gasteiger partial charge in [-0.1, -0.05) is 18.2 Å². The van der Waals surface area contributed by atoms with Gasteiger partial charge in [-0.15, -0.1) is 0 Å². The Bertz CT molecular complexity index is 628. The SMILES string of the molecule is O=C(NCc1cccnc1)N1CCC[C@H]1c1ccc(O)cc1. The number of benzene rings is 1. The number of rotatable bonds is 3. The van der Waals surface area contributed by atoms with Crippen LogP contribution < -0.4 is 5.32 Å². The summed E-state index contributed by atoms with van der Waals surface area (Å²) in [6.45, 7) is 1.23. The summed E-state index contributed by atoms with van der Waals surface area (Å²) in [6, 6.07) is 10.9. The zero-order valence-corrected chi connectivity index (χ0v) is 12.3. The molecule has 2 aromatic rings. The number of phenolic OH excluding ortho intramolecular Hbond substituents is 1. The topological polar surface area (TPSA) is 65.5 Å². The van der Waals surface area contributed by atoms with Crippen LogP contribution in [0.15, 0.2) is 48.8 Å². The van der Waals surface area contributed by atoms with Crippen LogP contribution in [-0.4, -0.2) is 27.6 Å². The third-order valence-electron chi connectivity index (χ3n) is 3.96. The Hall–Kier alpha value is -2.56. The molecule has 1 aliphatic rings. The minimum absolute atomic E-state index is 0.0561. The van der Waals surface area contributed by atoms with Crippen molar-refractivity contribution >= 4 is 6.03 Å². The molecule has 5 nitrogen and oxygen atoms in total. The van der Waals surface area contributed by atoms with Crippen molar-refractivity contribution in [3.05, 3.63) is 59.9 Å². The average Bonchev–Trinajstić information content (AvgIpc) is 3.04. The zero-order chi connectivity index (χ0) is 15.4. The smallest absolute Gasteiger partial charge is 0.318 e. The van der Waals surface area contributed by atoms with Crippen molar-refractivity contribution in [1.82, 2.24) is 15.2 Å². The first-order valence-electron chi connectivity index (χ1n) is 7.46. The molecule has 1 saturated heterocycles. The molecule has 0 bridgehead atoms. The maximum atomic E-state index is 12.4. The van der Waals surface area contributed by atoms with Crippen LogP contribution in [-0.2, 0) is 6.54 Å². The molecule has 1 atom stereocenters. The summed E-state index contributed by atoms with van der Waals surface area (Å²) >= 11 is 0. The molecule has 2 heterocycles. The highest BCUT2D eigenvalue weighted by Crippen LogP contribution is 2.32. The van der Waals surface area contributed by atoms with E-state index in [4.69, 9.17) is 0 Å². The predicted molar refractivity (Wildman–Crippen MR) is 83.3 cm³/mol. The molecule has 2 amide bonds. The highest BCUT2D eigenvalue weighted by atomic mass is 16.3. The molecule has 1 aliphatic heterocycles. The predicted octanol–water partition coefficient (Wildman–Crippen LogP) is 2.83. The molecule has 0 saturated carbocycles. The van der Waals surface area contributed by atoms with Crippen LogP contribution in [0.4, 0.5) is 4.79 Å². The molecule has 2 N–H and O–H groups in total. The first kappa shape index (κ1) is 14.4. The van der Waals surface area contributed by atoms with Gasteiger partial charge in [-0.05, 0) is 42.2 Å². The summed E-state index contributed by atoms with van der Waals surface area (Å²) in [7, 11) is 0. The van der Waals surface area contributed by atoms with Crippen LogP contribution in [0.25, 0.3) is 0 Å². The lowest BCUT2D eigenvalue weighted by Crippen LogP contribution is -2.39. The molecule has 0 aliphatic carbocycles. The Morgan fingerprint density at radius 1 is 1.32 bits per heavy atom. The van der Waals surface area contributed by atoms with Crippen molar-refractivity contribution in [2.45, 2.75) is 25.4 Å². The van der Waals surface area contributed by atoms with Gasteiger partial charge >= 0.3 is 6.03 Å². The average molecular weight is 297 g/mol. The molecule has 114 valence electrons. The zero-order valence-electron chi connectivity index (χ0n) is 12.3. The summed E-state index contributed by atoms with van der Waals surface area (Å²) in [5.74, 6) is 0.245. The molecule has 0 unspecified atom stereocenters. The second-order valence-electron chi connectivity index (χ2n) is 5.46. The number of nitrogens with one attached hydrogen (secondary N) is 1. The lowest BCUT2D eigenvalue weighted by Gasteiger charge is -2.25. The fourth-order valence-corrected chi connectivity index (χ4v) is 2.83. The summed E-state index contributed by atoms with van der Waals surface area (Å²) in [4.78, 5) is 18.3. The molecular formula is C17H19N3O2. The van der Waals surface area contributed by atoms with Gasteiger partial charge in [0, 0.05) is 25.5 Å². The Labute approximate surface area is 129 Å². The van der Waals surface area contributed by atoms with Gasteiger partial charge in [0.2, 0.25) is 0 Å². The van der Waals surface area contributed by atoms with E-state index in [1.54, 1.807) is 24.5 Å². The van der Waals surface area contributed by atoms with E-state index in [0.717, 1.165) is 30.5 Å². The van der Waals surface area contributed by atoms with Crippen LogP contribution in [0.5, 0.6) is 5.75 Å². The summed E-state index contributed by atoms with van der Waals surface area (Å²) < 4.78 is 0. The van der Waals surface area contributed by atoms with E-state index in [9.17, 15) is 9.90 Å². The van der Waals surface area contributed by atoms with E-state index in [1.165, 1.54) is 0 Å². The van der Waals surface area contributed by atoms with Crippen LogP contribution >= 0.6 is 0 Å². The van der Waals surface area contributed by atoms with Crippen molar-refractivity contribution in [2.24, 2.45) is 0 Å². The second kappa shape index (κ2) is 6.47. The molecule has 0 spiro atoms. The fraction of sp³-hybridized carbons (Fsp3) is 0.294. The summed E-state index contributed by atoms with van der Waals surface area (Å²) in [5.41, 5.74) is 2.04. The van der Waals surface area contributed by atoms with E-state index in [2.05, 4.69) is 10.3 Å². The van der Waals surface area contributed by atoms with Gasteiger partial charge in [0.15, 0.2) is 0 Å². The number of nitrogens with zero attached hydrogens (tertiary/aromatic N) is 2. The molecule has 5 heteroatoms. The fourth-order valence-electron chi connectivity index (χ4n) is 2.83. The number of aromatic hydroxyl groups is 1. The van der Waals surface area contributed by atoms with Crippen molar-refractivity contribution < 1.29 is 9.90 Å². The molecule has 0 radical (unpaired) electrons. The van der Waals surface area contributed by atoms with Crippen molar-refractivity contribution in [2.75, 3.05) is 6.54 Å². The van der Waals surface area contributed by atoms with Crippen LogP contribution in [0.1, 0.15) is 30.0 Å². The number of pyridine rings is 1. The maximum Gasteiger partial charge on any atom is 0.318 e. The van der Waals surface area contributed by atoms with E-state index < -0.39 is 0 Å². The molecular weight excluding hydrogens is 278 g/mol. The minimum atomic E-state index is -0.0561. The van der Waals surface area contributed by atoms with Crippen molar-refractivity contribution in [3.63, 3.8) is 0 Å². The number of carbonyl (C=O) groups excluding carboxylic acids is 1. The number of phenols is 1. The third-order valence-corrected chi connectivity index (χ3v) is 3.96. The Morgan fingerprint density at radius 3 is 2.86 bits per heavy atom. The number of amides is 2. The van der Waals surface area contributed by atoms with Gasteiger partial charge in [0.25, 0.3) is 0 Å². The van der Waals surface area contributed by atoms with E-state index >= 15 is 0 Å². The third kappa shape index (κ3) is 3.19. The molecule has 3 rings (SSSR count). The van der Waals surface area contributed by atoms with E-state index in [-0.39, 0.29) is 17.8 Å². The van der Waals surface area contributed by atoms with Gasteiger partial charge in [0.05, 0.1) is 6.04 Å². The van der Waals surface area contributed by atoms with Gasteiger partial charge < -0.3 is 15.3 Å². The first-order valence-corrected chi connectivity index (χ1v) is 7.46. The van der Waals surface area contributed by atoms with E-state index in [1.807, 2.05) is 29.2 Å². The van der Waals surface area contributed by atoms with Gasteiger partial charge in [0.1, 0.15) is 5.75 Å². The second-order valence-corrected chi connectivity index (χ2v) is 5.46. The van der Waals surface area contributed by atoms with Crippen LogP contribution in [0.3, 0.4) is 0 Å². The number of hydrogen-bond donors (Lipinski definition) is 2. The Morgan fingerprint density at radius 2 is 2.14 bits per heavy atom. The van der Waals surface area contributed by atoms with Gasteiger partial charge in [-0.3, -0.25) is 4.98 Å². The number of hydrogen-bond acceptors (Lipinski definition) is 3. The number of likely N-dealkylation sites (tertiary alicyclic amines) is 1. The van der Waals surface area contributed by atoms with Crippen LogP contribution in [0, 0.1) is 0 Å². The largest absolute Gasteiger partial charge is 0.508 e. The molecule has 1 aromatic heterocycles. The summed E-state index contributed by atoms with van der Waals surface area (Å²) in [5, 5.41) is 12.3. The quantitative estimate of drug-likeness (QED) is 0.915. The Kier molecular flexibility index (Phi) is 4.23. The van der Waals surface area contributed by atoms with Gasteiger partial charge in [-0.2, -0.15) is 0 Å². The van der Waals surface area contributed by atoms with Crippen LogP contribution in [0.2, 0.25) is 0 Å². The maximum absolute atomic E-state index is 12.4.